The standard InChI is InChI=1S/C17H18N4O3/c22-17(10-7-13-5-8-15(9-6-13)21(23)24)16-12-20(19-18-16)11-14-3-1-2-4-14/h5-10,12,14H,1-4,11H2/b10-7+. The second-order valence-corrected chi connectivity index (χ2v) is 6.02. The van der Waals surface area contributed by atoms with Gasteiger partial charge in [-0.2, -0.15) is 0 Å². The van der Waals surface area contributed by atoms with Crippen LogP contribution < -0.4 is 0 Å². The Kier molecular flexibility index (Phi) is 4.79. The lowest BCUT2D eigenvalue weighted by atomic mass is 10.1. The van der Waals surface area contributed by atoms with Gasteiger partial charge in [0.25, 0.3) is 5.69 Å². The number of carbonyl (C=O) groups excluding carboxylic acids is 1. The third-order valence-electron chi connectivity index (χ3n) is 4.24. The summed E-state index contributed by atoms with van der Waals surface area (Å²) in [6.45, 7) is 0.812. The van der Waals surface area contributed by atoms with E-state index in [0.717, 1.165) is 6.54 Å². The monoisotopic (exact) mass is 326 g/mol. The number of hydrogen-bond donors (Lipinski definition) is 0. The van der Waals surface area contributed by atoms with Gasteiger partial charge in [0.15, 0.2) is 5.69 Å². The van der Waals surface area contributed by atoms with Gasteiger partial charge in [0, 0.05) is 18.7 Å². The van der Waals surface area contributed by atoms with Gasteiger partial charge in [-0.25, -0.2) is 0 Å². The molecule has 1 aromatic heterocycles. The van der Waals surface area contributed by atoms with Gasteiger partial charge in [0.05, 0.1) is 11.1 Å². The molecule has 1 fully saturated rings. The summed E-state index contributed by atoms with van der Waals surface area (Å²) in [5, 5.41) is 18.6. The van der Waals surface area contributed by atoms with Crippen LogP contribution in [0.4, 0.5) is 5.69 Å². The third kappa shape index (κ3) is 3.92. The number of carbonyl (C=O) groups is 1. The molecule has 7 heteroatoms. The largest absolute Gasteiger partial charge is 0.287 e. The molecule has 0 bridgehead atoms. The first-order chi connectivity index (χ1) is 11.6. The molecule has 0 radical (unpaired) electrons. The number of ketones is 1. The van der Waals surface area contributed by atoms with E-state index in [1.807, 2.05) is 0 Å². The van der Waals surface area contributed by atoms with Crippen LogP contribution in [-0.4, -0.2) is 25.7 Å². The number of allylic oxidation sites excluding steroid dienone is 1. The van der Waals surface area contributed by atoms with Crippen molar-refractivity contribution < 1.29 is 9.72 Å². The molecule has 1 aliphatic rings. The Morgan fingerprint density at radius 3 is 2.67 bits per heavy atom. The maximum atomic E-state index is 12.1. The number of rotatable bonds is 6. The first-order valence-corrected chi connectivity index (χ1v) is 7.99. The Labute approximate surface area is 139 Å². The van der Waals surface area contributed by atoms with Gasteiger partial charge in [-0.3, -0.25) is 19.6 Å². The number of aromatic nitrogens is 3. The highest BCUT2D eigenvalue weighted by molar-refractivity contribution is 6.05. The van der Waals surface area contributed by atoms with Gasteiger partial charge in [-0.05, 0) is 42.5 Å². The summed E-state index contributed by atoms with van der Waals surface area (Å²) in [5.74, 6) is 0.399. The average Bonchev–Trinajstić information content (AvgIpc) is 3.25. The molecule has 1 saturated carbocycles. The number of nitrogens with zero attached hydrogens (tertiary/aromatic N) is 4. The van der Waals surface area contributed by atoms with E-state index in [2.05, 4.69) is 10.3 Å². The third-order valence-corrected chi connectivity index (χ3v) is 4.24. The second kappa shape index (κ2) is 7.16. The molecule has 1 heterocycles. The molecule has 0 unspecified atom stereocenters. The van der Waals surface area contributed by atoms with Crippen molar-refractivity contribution in [3.8, 4) is 0 Å². The highest BCUT2D eigenvalue weighted by Gasteiger charge is 2.17. The van der Waals surface area contributed by atoms with Crippen molar-refractivity contribution in [2.45, 2.75) is 32.2 Å². The predicted molar refractivity (Wildman–Crippen MR) is 88.4 cm³/mol. The van der Waals surface area contributed by atoms with Gasteiger partial charge >= 0.3 is 0 Å². The summed E-state index contributed by atoms with van der Waals surface area (Å²) < 4.78 is 1.74. The summed E-state index contributed by atoms with van der Waals surface area (Å²) in [7, 11) is 0. The normalized spacial score (nSPS) is 15.2. The van der Waals surface area contributed by atoms with Crippen molar-refractivity contribution in [3.05, 3.63) is 57.9 Å². The molecule has 7 nitrogen and oxygen atoms in total. The summed E-state index contributed by atoms with van der Waals surface area (Å²) in [6.07, 6.45) is 9.66. The molecular formula is C17H18N4O3. The molecule has 0 amide bonds. The van der Waals surface area contributed by atoms with Gasteiger partial charge in [0.1, 0.15) is 0 Å². The molecule has 1 aromatic carbocycles. The summed E-state index contributed by atoms with van der Waals surface area (Å²) in [6, 6.07) is 6.00. The van der Waals surface area contributed by atoms with E-state index in [0.29, 0.717) is 17.2 Å². The van der Waals surface area contributed by atoms with Crippen LogP contribution in [0.15, 0.2) is 36.5 Å². The number of hydrogen-bond acceptors (Lipinski definition) is 5. The highest BCUT2D eigenvalue weighted by Crippen LogP contribution is 2.25. The molecular weight excluding hydrogens is 308 g/mol. The second-order valence-electron chi connectivity index (χ2n) is 6.02. The van der Waals surface area contributed by atoms with Crippen molar-refractivity contribution in [1.82, 2.24) is 15.0 Å². The first kappa shape index (κ1) is 16.0. The van der Waals surface area contributed by atoms with Crippen LogP contribution in [0.2, 0.25) is 0 Å². The molecule has 0 saturated heterocycles. The van der Waals surface area contributed by atoms with Crippen LogP contribution in [0.1, 0.15) is 41.7 Å². The molecule has 24 heavy (non-hydrogen) atoms. The van der Waals surface area contributed by atoms with Crippen molar-refractivity contribution in [1.29, 1.82) is 0 Å². The fourth-order valence-electron chi connectivity index (χ4n) is 2.92. The van der Waals surface area contributed by atoms with Crippen LogP contribution in [0, 0.1) is 16.0 Å². The fraction of sp³-hybridized carbons (Fsp3) is 0.353. The minimum Gasteiger partial charge on any atom is -0.287 e. The van der Waals surface area contributed by atoms with Crippen LogP contribution >= 0.6 is 0 Å². The number of benzene rings is 1. The quantitative estimate of drug-likeness (QED) is 0.352. The van der Waals surface area contributed by atoms with E-state index in [1.165, 1.54) is 43.9 Å². The van der Waals surface area contributed by atoms with Crippen molar-refractivity contribution in [2.24, 2.45) is 5.92 Å². The van der Waals surface area contributed by atoms with E-state index >= 15 is 0 Å². The molecule has 2 aromatic rings. The lowest BCUT2D eigenvalue weighted by Crippen LogP contribution is -2.07. The molecule has 1 aliphatic carbocycles. The molecule has 124 valence electrons. The van der Waals surface area contributed by atoms with E-state index in [1.54, 1.807) is 29.1 Å². The maximum absolute atomic E-state index is 12.1. The van der Waals surface area contributed by atoms with Crippen LogP contribution in [0.3, 0.4) is 0 Å². The minimum absolute atomic E-state index is 0.0216. The van der Waals surface area contributed by atoms with Crippen molar-refractivity contribution >= 4 is 17.5 Å². The lowest BCUT2D eigenvalue weighted by molar-refractivity contribution is -0.384. The zero-order chi connectivity index (χ0) is 16.9. The van der Waals surface area contributed by atoms with Gasteiger partial charge in [-0.15, -0.1) is 5.10 Å². The Morgan fingerprint density at radius 2 is 2.00 bits per heavy atom. The zero-order valence-electron chi connectivity index (χ0n) is 13.2. The Hall–Kier alpha value is -2.83. The smallest absolute Gasteiger partial charge is 0.269 e. The summed E-state index contributed by atoms with van der Waals surface area (Å²) in [4.78, 5) is 22.3. The Bertz CT molecular complexity index is 758. The molecule has 0 aliphatic heterocycles. The summed E-state index contributed by atoms with van der Waals surface area (Å²) in [5.41, 5.74) is 1.05. The van der Waals surface area contributed by atoms with Crippen LogP contribution in [-0.2, 0) is 6.54 Å². The minimum atomic E-state index is -0.457. The average molecular weight is 326 g/mol. The summed E-state index contributed by atoms with van der Waals surface area (Å²) >= 11 is 0. The molecule has 0 N–H and O–H groups in total. The van der Waals surface area contributed by atoms with Crippen molar-refractivity contribution in [2.75, 3.05) is 0 Å². The topological polar surface area (TPSA) is 90.9 Å². The van der Waals surface area contributed by atoms with Crippen LogP contribution in [0.5, 0.6) is 0 Å². The maximum Gasteiger partial charge on any atom is 0.269 e. The van der Waals surface area contributed by atoms with Crippen molar-refractivity contribution in [3.63, 3.8) is 0 Å². The van der Waals surface area contributed by atoms with Crippen LogP contribution in [0.25, 0.3) is 6.08 Å². The lowest BCUT2D eigenvalue weighted by Gasteiger charge is -2.06. The SMILES string of the molecule is O=C(/C=C/c1ccc([N+](=O)[O-])cc1)c1cn(CC2CCCC2)nn1. The van der Waals surface area contributed by atoms with Gasteiger partial charge in [-0.1, -0.05) is 24.1 Å². The van der Waals surface area contributed by atoms with E-state index < -0.39 is 4.92 Å². The fourth-order valence-corrected chi connectivity index (χ4v) is 2.92. The predicted octanol–water partition coefficient (Wildman–Crippen LogP) is 3.27. The molecule has 0 atom stereocenters. The zero-order valence-corrected chi connectivity index (χ0v) is 13.2. The van der Waals surface area contributed by atoms with E-state index in [9.17, 15) is 14.9 Å². The Balaban J connectivity index is 1.61. The number of non-ortho nitro benzene ring substituents is 1. The highest BCUT2D eigenvalue weighted by atomic mass is 16.6. The Morgan fingerprint density at radius 1 is 1.29 bits per heavy atom. The van der Waals surface area contributed by atoms with E-state index in [4.69, 9.17) is 0 Å². The number of nitro groups is 1. The molecule has 0 spiro atoms. The molecule has 3 rings (SSSR count). The number of nitro benzene ring substituents is 1. The van der Waals surface area contributed by atoms with Gasteiger partial charge < -0.3 is 0 Å². The van der Waals surface area contributed by atoms with E-state index in [-0.39, 0.29) is 11.5 Å². The first-order valence-electron chi connectivity index (χ1n) is 7.99. The van der Waals surface area contributed by atoms with Gasteiger partial charge in [0.2, 0.25) is 5.78 Å².